The minimum Gasteiger partial charge on any atom is -0.409 e. The van der Waals surface area contributed by atoms with Gasteiger partial charge in [0.05, 0.1) is 0 Å². The van der Waals surface area contributed by atoms with Crippen molar-refractivity contribution in [2.24, 2.45) is 16.3 Å². The van der Waals surface area contributed by atoms with Gasteiger partial charge in [0.15, 0.2) is 0 Å². The van der Waals surface area contributed by atoms with Gasteiger partial charge in [0.25, 0.3) is 0 Å². The summed E-state index contributed by atoms with van der Waals surface area (Å²) in [7, 11) is 0. The number of amidine groups is 1. The van der Waals surface area contributed by atoms with E-state index in [1.807, 2.05) is 13.8 Å². The second-order valence-electron chi connectivity index (χ2n) is 5.70. The maximum Gasteiger partial charge on any atom is 0.144 e. The third kappa shape index (κ3) is 4.47. The molecule has 1 rings (SSSR count). The molecule has 1 aromatic rings. The summed E-state index contributed by atoms with van der Waals surface area (Å²) in [6.45, 7) is 9.07. The van der Waals surface area contributed by atoms with E-state index in [0.717, 1.165) is 25.1 Å². The lowest BCUT2D eigenvalue weighted by Crippen LogP contribution is -2.32. The SMILES string of the molecule is Cc1ccc(NCCCC(C)(C)C(N)=NO)cc1C. The van der Waals surface area contributed by atoms with Crippen LogP contribution in [0.3, 0.4) is 0 Å². The van der Waals surface area contributed by atoms with Crippen molar-refractivity contribution in [2.75, 3.05) is 11.9 Å². The molecule has 4 nitrogen and oxygen atoms in total. The summed E-state index contributed by atoms with van der Waals surface area (Å²) < 4.78 is 0. The molecule has 0 aliphatic heterocycles. The van der Waals surface area contributed by atoms with Crippen molar-refractivity contribution in [1.29, 1.82) is 0 Å². The third-order valence-electron chi connectivity index (χ3n) is 3.62. The molecule has 0 spiro atoms. The molecule has 0 amide bonds. The first-order valence-corrected chi connectivity index (χ1v) is 6.66. The van der Waals surface area contributed by atoms with E-state index in [9.17, 15) is 0 Å². The third-order valence-corrected chi connectivity index (χ3v) is 3.62. The first-order valence-electron chi connectivity index (χ1n) is 6.66. The van der Waals surface area contributed by atoms with Crippen molar-refractivity contribution in [2.45, 2.75) is 40.5 Å². The van der Waals surface area contributed by atoms with Gasteiger partial charge in [-0.2, -0.15) is 0 Å². The number of anilines is 1. The van der Waals surface area contributed by atoms with Crippen LogP contribution in [0.2, 0.25) is 0 Å². The molecule has 0 saturated heterocycles. The van der Waals surface area contributed by atoms with Crippen molar-refractivity contribution in [3.8, 4) is 0 Å². The topological polar surface area (TPSA) is 70.6 Å². The van der Waals surface area contributed by atoms with E-state index in [2.05, 4.69) is 42.5 Å². The number of oxime groups is 1. The summed E-state index contributed by atoms with van der Waals surface area (Å²) >= 11 is 0. The first-order chi connectivity index (χ1) is 8.86. The Labute approximate surface area is 115 Å². The summed E-state index contributed by atoms with van der Waals surface area (Å²) in [6.07, 6.45) is 1.84. The van der Waals surface area contributed by atoms with Crippen molar-refractivity contribution in [3.63, 3.8) is 0 Å². The number of aryl methyl sites for hydroxylation is 2. The predicted octanol–water partition coefficient (Wildman–Crippen LogP) is 3.27. The van der Waals surface area contributed by atoms with E-state index < -0.39 is 0 Å². The van der Waals surface area contributed by atoms with Crippen LogP contribution in [-0.4, -0.2) is 17.6 Å². The highest BCUT2D eigenvalue weighted by Crippen LogP contribution is 2.22. The molecule has 0 saturated carbocycles. The maximum atomic E-state index is 8.71. The van der Waals surface area contributed by atoms with Gasteiger partial charge in [-0.3, -0.25) is 0 Å². The largest absolute Gasteiger partial charge is 0.409 e. The Morgan fingerprint density at radius 2 is 2.00 bits per heavy atom. The number of nitrogens with one attached hydrogen (secondary N) is 1. The summed E-state index contributed by atoms with van der Waals surface area (Å²) in [4.78, 5) is 0. The highest BCUT2D eigenvalue weighted by molar-refractivity contribution is 5.85. The fraction of sp³-hybridized carbons (Fsp3) is 0.533. The summed E-state index contributed by atoms with van der Waals surface area (Å²) in [6, 6.07) is 6.37. The van der Waals surface area contributed by atoms with Crippen LogP contribution in [0.15, 0.2) is 23.4 Å². The summed E-state index contributed by atoms with van der Waals surface area (Å²) in [5.41, 5.74) is 9.14. The van der Waals surface area contributed by atoms with E-state index in [1.165, 1.54) is 11.1 Å². The number of nitrogens with zero attached hydrogens (tertiary/aromatic N) is 1. The van der Waals surface area contributed by atoms with E-state index in [1.54, 1.807) is 0 Å². The number of hydrogen-bond donors (Lipinski definition) is 3. The normalized spacial score (nSPS) is 12.5. The first kappa shape index (κ1) is 15.3. The van der Waals surface area contributed by atoms with Crippen molar-refractivity contribution >= 4 is 11.5 Å². The number of nitrogens with two attached hydrogens (primary N) is 1. The highest BCUT2D eigenvalue weighted by atomic mass is 16.4. The minimum absolute atomic E-state index is 0.264. The lowest BCUT2D eigenvalue weighted by Gasteiger charge is -2.22. The zero-order valence-electron chi connectivity index (χ0n) is 12.3. The van der Waals surface area contributed by atoms with Gasteiger partial charge in [0.2, 0.25) is 0 Å². The van der Waals surface area contributed by atoms with Gasteiger partial charge in [-0.25, -0.2) is 0 Å². The number of hydrogen-bond acceptors (Lipinski definition) is 3. The molecule has 0 radical (unpaired) electrons. The van der Waals surface area contributed by atoms with E-state index in [0.29, 0.717) is 5.84 Å². The van der Waals surface area contributed by atoms with Crippen molar-refractivity contribution < 1.29 is 5.21 Å². The molecule has 1 aromatic carbocycles. The monoisotopic (exact) mass is 263 g/mol. The summed E-state index contributed by atoms with van der Waals surface area (Å²) in [5.74, 6) is 0.290. The smallest absolute Gasteiger partial charge is 0.144 e. The lowest BCUT2D eigenvalue weighted by atomic mass is 9.86. The van der Waals surface area contributed by atoms with Crippen LogP contribution in [-0.2, 0) is 0 Å². The van der Waals surface area contributed by atoms with Crippen LogP contribution in [0.25, 0.3) is 0 Å². The quantitative estimate of drug-likeness (QED) is 0.242. The van der Waals surface area contributed by atoms with Gasteiger partial charge in [0.1, 0.15) is 5.84 Å². The van der Waals surface area contributed by atoms with Gasteiger partial charge >= 0.3 is 0 Å². The second-order valence-corrected chi connectivity index (χ2v) is 5.70. The molecule has 0 atom stereocenters. The van der Waals surface area contributed by atoms with Crippen LogP contribution >= 0.6 is 0 Å². The van der Waals surface area contributed by atoms with Crippen LogP contribution < -0.4 is 11.1 Å². The van der Waals surface area contributed by atoms with E-state index in [4.69, 9.17) is 10.9 Å². The Morgan fingerprint density at radius 3 is 2.58 bits per heavy atom. The second kappa shape index (κ2) is 6.45. The molecule has 0 aromatic heterocycles. The summed E-state index contributed by atoms with van der Waals surface area (Å²) in [5, 5.41) is 15.2. The average Bonchev–Trinajstić information content (AvgIpc) is 2.37. The van der Waals surface area contributed by atoms with E-state index >= 15 is 0 Å². The van der Waals surface area contributed by atoms with Crippen LogP contribution in [0.5, 0.6) is 0 Å². The number of benzene rings is 1. The fourth-order valence-electron chi connectivity index (χ4n) is 1.88. The van der Waals surface area contributed by atoms with Crippen LogP contribution in [0.4, 0.5) is 5.69 Å². The predicted molar refractivity (Wildman–Crippen MR) is 80.8 cm³/mol. The van der Waals surface area contributed by atoms with E-state index in [-0.39, 0.29) is 5.41 Å². The lowest BCUT2D eigenvalue weighted by molar-refractivity contribution is 0.305. The molecule has 0 aliphatic rings. The molecular formula is C15H25N3O. The van der Waals surface area contributed by atoms with Crippen LogP contribution in [0, 0.1) is 19.3 Å². The Balaban J connectivity index is 2.41. The van der Waals surface area contributed by atoms with Crippen molar-refractivity contribution in [3.05, 3.63) is 29.3 Å². The molecule has 0 unspecified atom stereocenters. The van der Waals surface area contributed by atoms with Gasteiger partial charge in [-0.15, -0.1) is 0 Å². The molecule has 0 bridgehead atoms. The zero-order chi connectivity index (χ0) is 14.5. The van der Waals surface area contributed by atoms with Crippen LogP contribution in [0.1, 0.15) is 37.8 Å². The molecule has 0 heterocycles. The minimum atomic E-state index is -0.264. The standard InChI is InChI=1S/C15H25N3O/c1-11-6-7-13(10-12(11)2)17-9-5-8-15(3,4)14(16)18-19/h6-7,10,17,19H,5,8-9H2,1-4H3,(H2,16,18). The Bertz CT molecular complexity index is 453. The molecule has 106 valence electrons. The molecular weight excluding hydrogens is 238 g/mol. The zero-order valence-corrected chi connectivity index (χ0v) is 12.3. The van der Waals surface area contributed by atoms with Gasteiger partial charge in [-0.05, 0) is 49.9 Å². The molecule has 0 aliphatic carbocycles. The Hall–Kier alpha value is -1.71. The average molecular weight is 263 g/mol. The van der Waals surface area contributed by atoms with Gasteiger partial charge in [-0.1, -0.05) is 25.1 Å². The van der Waals surface area contributed by atoms with Gasteiger partial charge in [0, 0.05) is 17.6 Å². The molecule has 4 N–H and O–H groups in total. The Kier molecular flexibility index (Phi) is 5.21. The highest BCUT2D eigenvalue weighted by Gasteiger charge is 2.22. The van der Waals surface area contributed by atoms with Crippen molar-refractivity contribution in [1.82, 2.24) is 0 Å². The molecule has 4 heteroatoms. The number of rotatable bonds is 6. The van der Waals surface area contributed by atoms with Gasteiger partial charge < -0.3 is 16.3 Å². The molecule has 0 fully saturated rings. The Morgan fingerprint density at radius 1 is 1.32 bits per heavy atom. The fourth-order valence-corrected chi connectivity index (χ4v) is 1.88. The maximum absolute atomic E-state index is 8.71. The molecule has 19 heavy (non-hydrogen) atoms.